The molecule has 0 aromatic heterocycles. The van der Waals surface area contributed by atoms with Crippen LogP contribution in [-0.2, 0) is 28.7 Å². The second-order valence-corrected chi connectivity index (χ2v) is 8.31. The van der Waals surface area contributed by atoms with E-state index in [9.17, 15) is 28.8 Å². The highest BCUT2D eigenvalue weighted by Crippen LogP contribution is 2.21. The number of hydrogen-bond acceptors (Lipinski definition) is 8. The molecule has 0 aliphatic carbocycles. The van der Waals surface area contributed by atoms with Gasteiger partial charge in [0.15, 0.2) is 0 Å². The molecule has 13 nitrogen and oxygen atoms in total. The Bertz CT molecular complexity index is 1030. The summed E-state index contributed by atoms with van der Waals surface area (Å²) in [7, 11) is 0. The fraction of sp³-hybridized carbons (Fsp3) is 0.500. The van der Waals surface area contributed by atoms with E-state index >= 15 is 0 Å². The Morgan fingerprint density at radius 2 is 1.84 bits per heavy atom. The number of likely N-dealkylation sites (tertiary alicyclic amines) is 1. The lowest BCUT2D eigenvalue weighted by molar-refractivity contribution is -0.143. The van der Waals surface area contributed by atoms with Gasteiger partial charge in [-0.25, -0.2) is 4.79 Å². The maximum Gasteiger partial charge on any atom is 0.341 e. The summed E-state index contributed by atoms with van der Waals surface area (Å²) >= 11 is 0. The molecule has 1 heterocycles. The van der Waals surface area contributed by atoms with Gasteiger partial charge in [-0.3, -0.25) is 24.0 Å². The van der Waals surface area contributed by atoms with E-state index < -0.39 is 66.8 Å². The van der Waals surface area contributed by atoms with Gasteiger partial charge in [-0.05, 0) is 38.8 Å². The predicted molar refractivity (Wildman–Crippen MR) is 128 cm³/mol. The number of carboxylic acids is 1. The first kappa shape index (κ1) is 29.1. The molecule has 37 heavy (non-hydrogen) atoms. The summed E-state index contributed by atoms with van der Waals surface area (Å²) in [6, 6.07) is 3.06. The molecule has 3 atom stereocenters. The number of amides is 4. The van der Waals surface area contributed by atoms with Crippen LogP contribution in [0.25, 0.3) is 0 Å². The monoisotopic (exact) mass is 520 g/mol. The van der Waals surface area contributed by atoms with Crippen molar-refractivity contribution in [2.24, 2.45) is 0 Å². The number of nitrogens with zero attached hydrogens (tertiary/aromatic N) is 1. The van der Waals surface area contributed by atoms with Crippen molar-refractivity contribution in [1.29, 1.82) is 0 Å². The maximum absolute atomic E-state index is 13.5. The van der Waals surface area contributed by atoms with Gasteiger partial charge in [0.1, 0.15) is 42.6 Å². The number of para-hydroxylation sites is 1. The van der Waals surface area contributed by atoms with Crippen molar-refractivity contribution in [3.8, 4) is 5.75 Å². The molecule has 1 aliphatic rings. The molecule has 2 rings (SSSR count). The Hall–Kier alpha value is -4.16. The number of aliphatic carboxylic acids is 1. The van der Waals surface area contributed by atoms with E-state index in [-0.39, 0.29) is 24.5 Å². The maximum atomic E-state index is 13.5. The summed E-state index contributed by atoms with van der Waals surface area (Å²) in [6.45, 7) is 3.69. The molecule has 13 heteroatoms. The number of ether oxygens (including phenoxy) is 2. The SMILES string of the molecule is CCOC(=O)c1ccccc1OC[C@H](NC(=O)[C@H](C)NC(C)=O)C(=O)N1CCC[C@H]1C(=O)NCC(=O)O. The van der Waals surface area contributed by atoms with Gasteiger partial charge in [-0.2, -0.15) is 0 Å². The van der Waals surface area contributed by atoms with Gasteiger partial charge in [0, 0.05) is 13.5 Å². The third-order valence-electron chi connectivity index (χ3n) is 5.47. The number of nitrogens with one attached hydrogen (secondary N) is 3. The minimum atomic E-state index is -1.29. The zero-order chi connectivity index (χ0) is 27.5. The van der Waals surface area contributed by atoms with Crippen LogP contribution >= 0.6 is 0 Å². The highest BCUT2D eigenvalue weighted by Gasteiger charge is 2.38. The van der Waals surface area contributed by atoms with Gasteiger partial charge in [0.2, 0.25) is 23.6 Å². The minimum Gasteiger partial charge on any atom is -0.490 e. The van der Waals surface area contributed by atoms with E-state index in [1.54, 1.807) is 19.1 Å². The average Bonchev–Trinajstić information content (AvgIpc) is 3.34. The fourth-order valence-electron chi connectivity index (χ4n) is 3.77. The van der Waals surface area contributed by atoms with Crippen LogP contribution in [0.3, 0.4) is 0 Å². The first-order valence-corrected chi connectivity index (χ1v) is 11.8. The number of rotatable bonds is 12. The standard InChI is InChI=1S/C24H32N4O9/c1-4-36-24(35)16-8-5-6-10-19(16)37-13-17(27-21(32)14(2)26-15(3)29)23(34)28-11-7-9-18(28)22(33)25-12-20(30)31/h5-6,8,10,14,17-18H,4,7,9,11-13H2,1-3H3,(H,25,33)(H,26,29)(H,27,32)(H,30,31)/t14-,17-,18-/m0/s1. The summed E-state index contributed by atoms with van der Waals surface area (Å²) in [5.74, 6) is -4.10. The number of carbonyl (C=O) groups excluding carboxylic acids is 5. The molecule has 0 radical (unpaired) electrons. The lowest BCUT2D eigenvalue weighted by Crippen LogP contribution is -2.58. The van der Waals surface area contributed by atoms with E-state index in [1.807, 2.05) is 0 Å². The normalized spacial score (nSPS) is 16.2. The summed E-state index contributed by atoms with van der Waals surface area (Å²) in [5.41, 5.74) is 0.126. The van der Waals surface area contributed by atoms with Crippen LogP contribution in [0, 0.1) is 0 Å². The second-order valence-electron chi connectivity index (χ2n) is 8.31. The molecule has 0 spiro atoms. The first-order valence-electron chi connectivity index (χ1n) is 11.8. The van der Waals surface area contributed by atoms with Crippen LogP contribution in [0.2, 0.25) is 0 Å². The second kappa shape index (κ2) is 13.8. The van der Waals surface area contributed by atoms with E-state index in [1.165, 1.54) is 30.9 Å². The van der Waals surface area contributed by atoms with Gasteiger partial charge < -0.3 is 35.4 Å². The van der Waals surface area contributed by atoms with Crippen molar-refractivity contribution in [2.45, 2.75) is 51.7 Å². The zero-order valence-electron chi connectivity index (χ0n) is 20.9. The van der Waals surface area contributed by atoms with Crippen molar-refractivity contribution >= 4 is 35.6 Å². The number of benzene rings is 1. The van der Waals surface area contributed by atoms with E-state index in [4.69, 9.17) is 14.6 Å². The van der Waals surface area contributed by atoms with E-state index in [0.29, 0.717) is 12.8 Å². The van der Waals surface area contributed by atoms with Crippen molar-refractivity contribution in [2.75, 3.05) is 26.3 Å². The van der Waals surface area contributed by atoms with E-state index in [2.05, 4.69) is 16.0 Å². The third-order valence-corrected chi connectivity index (χ3v) is 5.47. The molecular weight excluding hydrogens is 488 g/mol. The average molecular weight is 521 g/mol. The summed E-state index contributed by atoms with van der Waals surface area (Å²) in [6.07, 6.45) is 0.805. The highest BCUT2D eigenvalue weighted by molar-refractivity contribution is 5.95. The van der Waals surface area contributed by atoms with Crippen LogP contribution in [0.1, 0.15) is 44.0 Å². The van der Waals surface area contributed by atoms with Gasteiger partial charge in [0.05, 0.1) is 6.61 Å². The van der Waals surface area contributed by atoms with Gasteiger partial charge in [-0.1, -0.05) is 12.1 Å². The summed E-state index contributed by atoms with van der Waals surface area (Å²) in [5, 5.41) is 16.1. The van der Waals surface area contributed by atoms with E-state index in [0.717, 1.165) is 0 Å². The van der Waals surface area contributed by atoms with Crippen molar-refractivity contribution in [3.05, 3.63) is 29.8 Å². The third kappa shape index (κ3) is 8.47. The molecule has 0 unspecified atom stereocenters. The molecule has 1 aromatic rings. The lowest BCUT2D eigenvalue weighted by atomic mass is 10.1. The van der Waals surface area contributed by atoms with Crippen LogP contribution in [0.15, 0.2) is 24.3 Å². The topological polar surface area (TPSA) is 180 Å². The summed E-state index contributed by atoms with van der Waals surface area (Å²) in [4.78, 5) is 74.4. The zero-order valence-corrected chi connectivity index (χ0v) is 20.9. The largest absolute Gasteiger partial charge is 0.490 e. The van der Waals surface area contributed by atoms with Crippen molar-refractivity contribution in [3.63, 3.8) is 0 Å². The Morgan fingerprint density at radius 1 is 1.14 bits per heavy atom. The lowest BCUT2D eigenvalue weighted by Gasteiger charge is -2.29. The van der Waals surface area contributed by atoms with Crippen LogP contribution in [-0.4, -0.2) is 90.0 Å². The van der Waals surface area contributed by atoms with Crippen LogP contribution < -0.4 is 20.7 Å². The number of carboxylic acid groups (broad SMARTS) is 1. The molecule has 1 fully saturated rings. The van der Waals surface area contributed by atoms with Crippen LogP contribution in [0.5, 0.6) is 5.75 Å². The molecule has 4 amide bonds. The minimum absolute atomic E-state index is 0.125. The molecule has 0 saturated carbocycles. The quantitative estimate of drug-likeness (QED) is 0.263. The molecule has 1 saturated heterocycles. The molecule has 4 N–H and O–H groups in total. The van der Waals surface area contributed by atoms with Gasteiger partial charge in [0.25, 0.3) is 0 Å². The molecule has 1 aliphatic heterocycles. The predicted octanol–water partition coefficient (Wildman–Crippen LogP) is -0.557. The van der Waals surface area contributed by atoms with Crippen molar-refractivity contribution in [1.82, 2.24) is 20.9 Å². The van der Waals surface area contributed by atoms with Crippen LogP contribution in [0.4, 0.5) is 0 Å². The molecule has 202 valence electrons. The number of esters is 1. The Morgan fingerprint density at radius 3 is 2.49 bits per heavy atom. The molecular formula is C24H32N4O9. The Balaban J connectivity index is 2.25. The van der Waals surface area contributed by atoms with Gasteiger partial charge in [-0.15, -0.1) is 0 Å². The number of hydrogen-bond donors (Lipinski definition) is 4. The number of carbonyl (C=O) groups is 6. The Labute approximate surface area is 213 Å². The summed E-state index contributed by atoms with van der Waals surface area (Å²) < 4.78 is 10.8. The van der Waals surface area contributed by atoms with Gasteiger partial charge >= 0.3 is 11.9 Å². The highest BCUT2D eigenvalue weighted by atomic mass is 16.5. The molecule has 1 aromatic carbocycles. The van der Waals surface area contributed by atoms with Crippen molar-refractivity contribution < 1.29 is 43.3 Å². The molecule has 0 bridgehead atoms. The smallest absolute Gasteiger partial charge is 0.341 e. The fourth-order valence-corrected chi connectivity index (χ4v) is 3.77. The Kier molecular flexibility index (Phi) is 10.8. The first-order chi connectivity index (χ1) is 17.5.